The van der Waals surface area contributed by atoms with Crippen LogP contribution in [-0.2, 0) is 14.3 Å². The van der Waals surface area contributed by atoms with Crippen LogP contribution in [0.25, 0.3) is 0 Å². The minimum Gasteiger partial charge on any atom is -0.373 e. The molecule has 6 heteroatoms. The molecule has 1 N–H and O–H groups in total. The summed E-state index contributed by atoms with van der Waals surface area (Å²) in [6.45, 7) is -0.532. The van der Waals surface area contributed by atoms with E-state index in [0.717, 1.165) is 0 Å². The molecule has 1 saturated heterocycles. The highest BCUT2D eigenvalue weighted by Crippen LogP contribution is 2.25. The zero-order chi connectivity index (χ0) is 12.4. The lowest BCUT2D eigenvalue weighted by Crippen LogP contribution is -2.43. The highest BCUT2D eigenvalue weighted by atomic mass is 16.5. The maximum Gasteiger partial charge on any atom is 0.198 e. The molecule has 0 bridgehead atoms. The van der Waals surface area contributed by atoms with Crippen molar-refractivity contribution in [1.29, 1.82) is 5.26 Å². The van der Waals surface area contributed by atoms with Crippen molar-refractivity contribution in [3.63, 3.8) is 0 Å². The van der Waals surface area contributed by atoms with Gasteiger partial charge in [-0.3, -0.25) is 0 Å². The summed E-state index contributed by atoms with van der Waals surface area (Å²) in [5, 5.41) is 11.5. The standard InChI is InChI=1S/C10H7N3O3/c11-3-7-8(4-14)12-10(5-15)13-1-2-16-6-9(7)13/h12H,1-2,6H2/i6D. The van der Waals surface area contributed by atoms with Crippen molar-refractivity contribution < 1.29 is 15.7 Å². The summed E-state index contributed by atoms with van der Waals surface area (Å²) < 4.78 is 12.7. The fourth-order valence-electron chi connectivity index (χ4n) is 1.54. The number of nitrogens with zero attached hydrogens (tertiary/aromatic N) is 2. The molecule has 1 atom stereocenters. The van der Waals surface area contributed by atoms with Gasteiger partial charge in [-0.25, -0.2) is 9.59 Å². The van der Waals surface area contributed by atoms with Crippen molar-refractivity contribution in [1.82, 2.24) is 10.2 Å². The summed E-state index contributed by atoms with van der Waals surface area (Å²) in [5.41, 5.74) is -0.0206. The molecule has 2 rings (SSSR count). The Balaban J connectivity index is 2.66. The van der Waals surface area contributed by atoms with Gasteiger partial charge in [0.15, 0.2) is 17.7 Å². The second-order valence-corrected chi connectivity index (χ2v) is 3.07. The fourth-order valence-corrected chi connectivity index (χ4v) is 1.54. The van der Waals surface area contributed by atoms with E-state index in [-0.39, 0.29) is 29.4 Å². The average Bonchev–Trinajstić information content (AvgIpc) is 2.37. The van der Waals surface area contributed by atoms with E-state index >= 15 is 0 Å². The molecule has 0 aromatic carbocycles. The molecule has 2 heterocycles. The van der Waals surface area contributed by atoms with Crippen LogP contribution in [-0.4, -0.2) is 36.5 Å². The van der Waals surface area contributed by atoms with Crippen LogP contribution in [0, 0.1) is 11.3 Å². The number of ether oxygens (including phenoxy) is 1. The number of morpholine rings is 1. The van der Waals surface area contributed by atoms with E-state index < -0.39 is 6.58 Å². The number of rotatable bonds is 0. The van der Waals surface area contributed by atoms with Crippen LogP contribution < -0.4 is 5.32 Å². The highest BCUT2D eigenvalue weighted by Gasteiger charge is 2.31. The second-order valence-electron chi connectivity index (χ2n) is 3.07. The number of allylic oxidation sites excluding steroid dienone is 1. The number of nitriles is 1. The highest BCUT2D eigenvalue weighted by molar-refractivity contribution is 5.69. The van der Waals surface area contributed by atoms with Gasteiger partial charge in [-0.1, -0.05) is 0 Å². The molecule has 0 aromatic rings. The first-order valence-electron chi connectivity index (χ1n) is 5.04. The Labute approximate surface area is 92.5 Å². The largest absolute Gasteiger partial charge is 0.373 e. The Morgan fingerprint density at radius 2 is 2.31 bits per heavy atom. The maximum absolute atomic E-state index is 10.8. The third-order valence-corrected chi connectivity index (χ3v) is 2.25. The number of hydrogen-bond acceptors (Lipinski definition) is 6. The van der Waals surface area contributed by atoms with Gasteiger partial charge < -0.3 is 15.0 Å². The van der Waals surface area contributed by atoms with E-state index in [0.29, 0.717) is 6.54 Å². The summed E-state index contributed by atoms with van der Waals surface area (Å²) in [6.07, 6.45) is 0. The van der Waals surface area contributed by atoms with Crippen LogP contribution in [0.4, 0.5) is 0 Å². The Hall–Kier alpha value is -2.31. The summed E-state index contributed by atoms with van der Waals surface area (Å²) in [5.74, 6) is 3.16. The zero-order valence-electron chi connectivity index (χ0n) is 9.11. The van der Waals surface area contributed by atoms with E-state index in [2.05, 4.69) is 5.32 Å². The SMILES string of the molecule is [2H]C1OCCN2C(=C=O)NC(=C=O)C(C#N)=C12. The van der Waals surface area contributed by atoms with Crippen LogP contribution in [0.15, 0.2) is 22.8 Å². The molecule has 1 fully saturated rings. The summed E-state index contributed by atoms with van der Waals surface area (Å²) in [4.78, 5) is 22.9. The third kappa shape index (κ3) is 1.42. The van der Waals surface area contributed by atoms with Gasteiger partial charge in [0.1, 0.15) is 17.3 Å². The minimum atomic E-state index is -1.10. The van der Waals surface area contributed by atoms with Gasteiger partial charge in [-0.2, -0.15) is 5.26 Å². The number of hydrogen-bond donors (Lipinski definition) is 1. The molecule has 1 unspecified atom stereocenters. The molecular formula is C10H7N3O3. The Morgan fingerprint density at radius 3 is 2.94 bits per heavy atom. The maximum atomic E-state index is 10.8. The number of fused-ring (bicyclic) bond motifs is 1. The molecule has 2 aliphatic rings. The van der Waals surface area contributed by atoms with Gasteiger partial charge in [0.25, 0.3) is 0 Å². The molecule has 0 aromatic heterocycles. The minimum absolute atomic E-state index is 0.00194. The Kier molecular flexibility index (Phi) is 2.27. The molecule has 0 spiro atoms. The Morgan fingerprint density at radius 1 is 1.50 bits per heavy atom. The van der Waals surface area contributed by atoms with Crippen molar-refractivity contribution >= 4 is 11.9 Å². The van der Waals surface area contributed by atoms with Gasteiger partial charge in [-0.15, -0.1) is 0 Å². The lowest BCUT2D eigenvalue weighted by molar-refractivity contribution is 0.0823. The van der Waals surface area contributed by atoms with Crippen LogP contribution in [0.2, 0.25) is 0 Å². The van der Waals surface area contributed by atoms with Gasteiger partial charge in [0.2, 0.25) is 0 Å². The first-order chi connectivity index (χ1) is 8.22. The number of nitrogens with one attached hydrogen (secondary N) is 1. The monoisotopic (exact) mass is 218 g/mol. The normalized spacial score (nSPS) is 24.8. The van der Waals surface area contributed by atoms with Gasteiger partial charge in [0, 0.05) is 6.54 Å². The van der Waals surface area contributed by atoms with Crippen molar-refractivity contribution in [3.05, 3.63) is 22.8 Å². The predicted octanol–water partition coefficient (Wildman–Crippen LogP) is -0.912. The quantitative estimate of drug-likeness (QED) is 0.530. The van der Waals surface area contributed by atoms with Gasteiger partial charge in [0.05, 0.1) is 20.3 Å². The first kappa shape index (κ1) is 8.96. The molecular weight excluding hydrogens is 210 g/mol. The van der Waals surface area contributed by atoms with Gasteiger partial charge in [-0.05, 0) is 0 Å². The van der Waals surface area contributed by atoms with E-state index in [1.165, 1.54) is 10.8 Å². The lowest BCUT2D eigenvalue weighted by atomic mass is 10.1. The van der Waals surface area contributed by atoms with Crippen molar-refractivity contribution in [2.45, 2.75) is 0 Å². The fraction of sp³-hybridized carbons (Fsp3) is 0.300. The lowest BCUT2D eigenvalue weighted by Gasteiger charge is -2.35. The van der Waals surface area contributed by atoms with Crippen molar-refractivity contribution in [2.75, 3.05) is 19.7 Å². The molecule has 80 valence electrons. The van der Waals surface area contributed by atoms with E-state index in [1.807, 2.05) is 6.07 Å². The van der Waals surface area contributed by atoms with Gasteiger partial charge >= 0.3 is 0 Å². The van der Waals surface area contributed by atoms with E-state index in [4.69, 9.17) is 11.4 Å². The number of carbonyl (C=O) groups excluding carboxylic acids is 2. The molecule has 6 nitrogen and oxygen atoms in total. The van der Waals surface area contributed by atoms with E-state index in [9.17, 15) is 9.59 Å². The average molecular weight is 218 g/mol. The summed E-state index contributed by atoms with van der Waals surface area (Å²) >= 11 is 0. The molecule has 0 amide bonds. The van der Waals surface area contributed by atoms with E-state index in [1.54, 1.807) is 5.94 Å². The summed E-state index contributed by atoms with van der Waals surface area (Å²) in [7, 11) is 0. The van der Waals surface area contributed by atoms with Crippen LogP contribution in [0.3, 0.4) is 0 Å². The summed E-state index contributed by atoms with van der Waals surface area (Å²) in [6, 6.07) is 1.81. The topological polar surface area (TPSA) is 82.4 Å². The predicted molar refractivity (Wildman–Crippen MR) is 51.7 cm³/mol. The second kappa shape index (κ2) is 4.05. The molecule has 2 aliphatic heterocycles. The van der Waals surface area contributed by atoms with Crippen molar-refractivity contribution in [3.8, 4) is 6.07 Å². The first-order valence-corrected chi connectivity index (χ1v) is 4.46. The smallest absolute Gasteiger partial charge is 0.198 e. The van der Waals surface area contributed by atoms with Crippen LogP contribution >= 0.6 is 0 Å². The third-order valence-electron chi connectivity index (χ3n) is 2.25. The molecule has 0 radical (unpaired) electrons. The molecule has 0 aliphatic carbocycles. The Bertz CT molecular complexity index is 535. The molecule has 16 heavy (non-hydrogen) atoms. The van der Waals surface area contributed by atoms with Crippen molar-refractivity contribution in [2.24, 2.45) is 0 Å². The van der Waals surface area contributed by atoms with Crippen LogP contribution in [0.1, 0.15) is 1.37 Å². The zero-order valence-corrected chi connectivity index (χ0v) is 8.11. The molecule has 0 saturated carbocycles. The van der Waals surface area contributed by atoms with Crippen LogP contribution in [0.5, 0.6) is 0 Å².